The highest BCUT2D eigenvalue weighted by atomic mass is 32.1. The molecule has 4 rings (SSSR count). The van der Waals surface area contributed by atoms with Crippen LogP contribution in [0.5, 0.6) is 5.88 Å². The molecule has 0 bridgehead atoms. The van der Waals surface area contributed by atoms with Crippen LogP contribution < -0.4 is 10.1 Å². The molecule has 0 fully saturated rings. The van der Waals surface area contributed by atoms with Gasteiger partial charge in [0.1, 0.15) is 17.0 Å². The van der Waals surface area contributed by atoms with Gasteiger partial charge in [-0.3, -0.25) is 4.79 Å². The molecule has 0 radical (unpaired) electrons. The van der Waals surface area contributed by atoms with Gasteiger partial charge in [-0.15, -0.1) is 11.3 Å². The maximum atomic E-state index is 13.3. The molecule has 0 aliphatic carbocycles. The lowest BCUT2D eigenvalue weighted by molar-refractivity contribution is -0.118. The van der Waals surface area contributed by atoms with E-state index >= 15 is 0 Å². The van der Waals surface area contributed by atoms with E-state index in [4.69, 9.17) is 4.74 Å². The van der Waals surface area contributed by atoms with Crippen molar-refractivity contribution in [2.45, 2.75) is 19.8 Å². The molecule has 4 aromatic rings. The first-order valence-corrected chi connectivity index (χ1v) is 10.4. The average Bonchev–Trinajstić information content (AvgIpc) is 3.18. The summed E-state index contributed by atoms with van der Waals surface area (Å²) < 4.78 is 19.1. The third kappa shape index (κ3) is 4.16. The molecule has 0 unspecified atom stereocenters. The SMILES string of the molecule is CC(C)c1ccccc1NC(=O)COc1ncnc2scc(-c3ccc(F)cc3)c12. The van der Waals surface area contributed by atoms with E-state index in [0.29, 0.717) is 11.3 Å². The molecule has 1 amide bonds. The summed E-state index contributed by atoms with van der Waals surface area (Å²) in [6.07, 6.45) is 1.41. The van der Waals surface area contributed by atoms with Crippen LogP contribution in [0.3, 0.4) is 0 Å². The maximum absolute atomic E-state index is 13.3. The zero-order chi connectivity index (χ0) is 21.1. The predicted molar refractivity (Wildman–Crippen MR) is 117 cm³/mol. The van der Waals surface area contributed by atoms with Gasteiger partial charge in [-0.05, 0) is 35.2 Å². The van der Waals surface area contributed by atoms with Gasteiger partial charge in [-0.25, -0.2) is 14.4 Å². The highest BCUT2D eigenvalue weighted by molar-refractivity contribution is 7.17. The molecule has 0 spiro atoms. The molecule has 1 N–H and O–H groups in total. The van der Waals surface area contributed by atoms with E-state index in [0.717, 1.165) is 27.2 Å². The number of hydrogen-bond donors (Lipinski definition) is 1. The summed E-state index contributed by atoms with van der Waals surface area (Å²) in [5.41, 5.74) is 3.51. The van der Waals surface area contributed by atoms with E-state index in [1.165, 1.54) is 29.8 Å². The smallest absolute Gasteiger partial charge is 0.262 e. The number of hydrogen-bond acceptors (Lipinski definition) is 5. The van der Waals surface area contributed by atoms with Crippen LogP contribution in [0.15, 0.2) is 60.2 Å². The van der Waals surface area contributed by atoms with E-state index in [1.807, 2.05) is 29.6 Å². The fourth-order valence-electron chi connectivity index (χ4n) is 3.23. The van der Waals surface area contributed by atoms with E-state index in [1.54, 1.807) is 12.1 Å². The quantitative estimate of drug-likeness (QED) is 0.438. The van der Waals surface area contributed by atoms with Crippen molar-refractivity contribution < 1.29 is 13.9 Å². The molecule has 2 aromatic heterocycles. The van der Waals surface area contributed by atoms with Gasteiger partial charge in [0, 0.05) is 16.6 Å². The summed E-state index contributed by atoms with van der Waals surface area (Å²) in [6.45, 7) is 3.97. The summed E-state index contributed by atoms with van der Waals surface area (Å²) in [5.74, 6) is 0.0404. The fourth-order valence-corrected chi connectivity index (χ4v) is 4.14. The Morgan fingerprint density at radius 3 is 2.67 bits per heavy atom. The second-order valence-corrected chi connectivity index (χ2v) is 7.95. The minimum atomic E-state index is -0.302. The van der Waals surface area contributed by atoms with Crippen molar-refractivity contribution in [2.24, 2.45) is 0 Å². The Labute approximate surface area is 177 Å². The number of aromatic nitrogens is 2. The maximum Gasteiger partial charge on any atom is 0.262 e. The largest absolute Gasteiger partial charge is 0.467 e. The van der Waals surface area contributed by atoms with Gasteiger partial charge in [0.25, 0.3) is 5.91 Å². The predicted octanol–water partition coefficient (Wildman–Crippen LogP) is 5.64. The minimum absolute atomic E-state index is 0.183. The summed E-state index contributed by atoms with van der Waals surface area (Å²) in [5, 5.41) is 5.55. The van der Waals surface area contributed by atoms with Gasteiger partial charge in [0.2, 0.25) is 5.88 Å². The Hall–Kier alpha value is -3.32. The van der Waals surface area contributed by atoms with Crippen LogP contribution in [-0.2, 0) is 4.79 Å². The van der Waals surface area contributed by atoms with Crippen molar-refractivity contribution in [1.82, 2.24) is 9.97 Å². The summed E-state index contributed by atoms with van der Waals surface area (Å²) in [7, 11) is 0. The number of halogens is 1. The Morgan fingerprint density at radius 2 is 1.90 bits per heavy atom. The first-order valence-electron chi connectivity index (χ1n) is 9.52. The Kier molecular flexibility index (Phi) is 5.72. The molecule has 0 atom stereocenters. The van der Waals surface area contributed by atoms with Crippen molar-refractivity contribution in [2.75, 3.05) is 11.9 Å². The number of carbonyl (C=O) groups excluding carboxylic acids is 1. The number of nitrogens with zero attached hydrogens (tertiary/aromatic N) is 2. The topological polar surface area (TPSA) is 64.1 Å². The molecule has 5 nitrogen and oxygen atoms in total. The van der Waals surface area contributed by atoms with Crippen LogP contribution in [-0.4, -0.2) is 22.5 Å². The zero-order valence-corrected chi connectivity index (χ0v) is 17.4. The molecular weight excluding hydrogens is 401 g/mol. The minimum Gasteiger partial charge on any atom is -0.467 e. The molecule has 2 aromatic carbocycles. The Balaban J connectivity index is 1.55. The standard InChI is InChI=1S/C23H20FN3O2S/c1-14(2)17-5-3-4-6-19(17)27-20(28)11-29-22-21-18(12-30-23(21)26-13-25-22)15-7-9-16(24)10-8-15/h3-10,12-14H,11H2,1-2H3,(H,27,28). The van der Waals surface area contributed by atoms with Crippen molar-refractivity contribution in [3.63, 3.8) is 0 Å². The Bertz CT molecular complexity index is 1190. The summed E-state index contributed by atoms with van der Waals surface area (Å²) in [4.78, 5) is 21.8. The molecule has 30 heavy (non-hydrogen) atoms. The third-order valence-electron chi connectivity index (χ3n) is 4.69. The number of amides is 1. The van der Waals surface area contributed by atoms with Crippen molar-refractivity contribution in [3.8, 4) is 17.0 Å². The van der Waals surface area contributed by atoms with Gasteiger partial charge < -0.3 is 10.1 Å². The van der Waals surface area contributed by atoms with E-state index < -0.39 is 0 Å². The van der Waals surface area contributed by atoms with Gasteiger partial charge in [0.15, 0.2) is 6.61 Å². The second-order valence-electron chi connectivity index (χ2n) is 7.09. The number of rotatable bonds is 6. The first-order chi connectivity index (χ1) is 14.5. The normalized spacial score (nSPS) is 11.1. The molecule has 152 valence electrons. The van der Waals surface area contributed by atoms with Crippen LogP contribution in [0.1, 0.15) is 25.3 Å². The number of carbonyl (C=O) groups is 1. The number of ether oxygens (including phenoxy) is 1. The Morgan fingerprint density at radius 1 is 1.13 bits per heavy atom. The monoisotopic (exact) mass is 421 g/mol. The fraction of sp³-hybridized carbons (Fsp3) is 0.174. The van der Waals surface area contributed by atoms with Crippen molar-refractivity contribution in [3.05, 3.63) is 71.6 Å². The molecule has 0 saturated carbocycles. The zero-order valence-electron chi connectivity index (χ0n) is 16.6. The molecule has 0 aliphatic heterocycles. The van der Waals surface area contributed by atoms with Gasteiger partial charge in [-0.2, -0.15) is 0 Å². The number of thiophene rings is 1. The molecular formula is C23H20FN3O2S. The van der Waals surface area contributed by atoms with E-state index in [-0.39, 0.29) is 24.2 Å². The van der Waals surface area contributed by atoms with E-state index in [9.17, 15) is 9.18 Å². The third-order valence-corrected chi connectivity index (χ3v) is 5.57. The van der Waals surface area contributed by atoms with Crippen LogP contribution >= 0.6 is 11.3 Å². The average molecular weight is 421 g/mol. The first kappa shape index (κ1) is 20.0. The second kappa shape index (κ2) is 8.59. The van der Waals surface area contributed by atoms with Crippen LogP contribution in [0.25, 0.3) is 21.3 Å². The number of para-hydroxylation sites is 1. The highest BCUT2D eigenvalue weighted by Gasteiger charge is 2.16. The molecule has 2 heterocycles. The summed E-state index contributed by atoms with van der Waals surface area (Å²) in [6, 6.07) is 13.9. The van der Waals surface area contributed by atoms with Crippen molar-refractivity contribution >= 4 is 33.1 Å². The van der Waals surface area contributed by atoms with Gasteiger partial charge in [0.05, 0.1) is 5.39 Å². The molecule has 0 aliphatic rings. The molecule has 7 heteroatoms. The number of anilines is 1. The lowest BCUT2D eigenvalue weighted by Crippen LogP contribution is -2.21. The highest BCUT2D eigenvalue weighted by Crippen LogP contribution is 2.37. The lowest BCUT2D eigenvalue weighted by atomic mass is 10.0. The number of fused-ring (bicyclic) bond motifs is 1. The van der Waals surface area contributed by atoms with Crippen LogP contribution in [0.4, 0.5) is 10.1 Å². The summed E-state index contributed by atoms with van der Waals surface area (Å²) >= 11 is 1.44. The molecule has 0 saturated heterocycles. The van der Waals surface area contributed by atoms with Crippen LogP contribution in [0, 0.1) is 5.82 Å². The number of benzene rings is 2. The lowest BCUT2D eigenvalue weighted by Gasteiger charge is -2.14. The van der Waals surface area contributed by atoms with Crippen molar-refractivity contribution in [1.29, 1.82) is 0 Å². The number of nitrogens with one attached hydrogen (secondary N) is 1. The van der Waals surface area contributed by atoms with Crippen LogP contribution in [0.2, 0.25) is 0 Å². The van der Waals surface area contributed by atoms with Gasteiger partial charge in [-0.1, -0.05) is 44.2 Å². The van der Waals surface area contributed by atoms with E-state index in [2.05, 4.69) is 29.1 Å². The van der Waals surface area contributed by atoms with Gasteiger partial charge >= 0.3 is 0 Å².